The molecule has 3 rings (SSSR count). The molecule has 6 heteroatoms. The Morgan fingerprint density at radius 2 is 2.00 bits per heavy atom. The van der Waals surface area contributed by atoms with E-state index < -0.39 is 11.6 Å². The summed E-state index contributed by atoms with van der Waals surface area (Å²) < 4.78 is 26.7. The van der Waals surface area contributed by atoms with Crippen LogP contribution in [0.4, 0.5) is 14.5 Å². The number of benzene rings is 2. The van der Waals surface area contributed by atoms with Crippen molar-refractivity contribution in [1.29, 1.82) is 0 Å². The number of carbonyl (C=O) groups excluding carboxylic acids is 1. The first-order valence-electron chi connectivity index (χ1n) is 8.16. The summed E-state index contributed by atoms with van der Waals surface area (Å²) in [7, 11) is 0. The van der Waals surface area contributed by atoms with E-state index in [9.17, 15) is 13.6 Å². The van der Waals surface area contributed by atoms with Crippen LogP contribution in [-0.2, 0) is 11.2 Å². The molecule has 0 atom stereocenters. The van der Waals surface area contributed by atoms with Gasteiger partial charge in [0.1, 0.15) is 17.5 Å². The second kappa shape index (κ2) is 7.01. The van der Waals surface area contributed by atoms with Crippen molar-refractivity contribution in [3.8, 4) is 0 Å². The van der Waals surface area contributed by atoms with Crippen LogP contribution in [0.25, 0.3) is 11.0 Å². The maximum Gasteiger partial charge on any atom is 0.224 e. The number of aryl methyl sites for hydroxylation is 1. The third kappa shape index (κ3) is 4.02. The highest BCUT2D eigenvalue weighted by atomic mass is 19.1. The monoisotopic (exact) mass is 343 g/mol. The topological polar surface area (TPSA) is 57.8 Å². The lowest BCUT2D eigenvalue weighted by atomic mass is 10.1. The van der Waals surface area contributed by atoms with Gasteiger partial charge in [-0.05, 0) is 36.2 Å². The number of anilines is 1. The number of aromatic nitrogens is 2. The number of nitrogens with one attached hydrogen (secondary N) is 2. The van der Waals surface area contributed by atoms with Crippen molar-refractivity contribution in [3.05, 3.63) is 59.4 Å². The molecule has 25 heavy (non-hydrogen) atoms. The number of hydrogen-bond donors (Lipinski definition) is 2. The number of fused-ring (bicyclic) bond motifs is 1. The lowest BCUT2D eigenvalue weighted by molar-refractivity contribution is -0.116. The van der Waals surface area contributed by atoms with E-state index in [-0.39, 0.29) is 18.0 Å². The van der Waals surface area contributed by atoms with Crippen molar-refractivity contribution in [2.24, 2.45) is 0 Å². The molecule has 0 spiro atoms. The molecule has 0 unspecified atom stereocenters. The molecule has 0 bridgehead atoms. The van der Waals surface area contributed by atoms with E-state index in [1.807, 2.05) is 18.2 Å². The zero-order chi connectivity index (χ0) is 18.0. The van der Waals surface area contributed by atoms with Gasteiger partial charge in [0.25, 0.3) is 0 Å². The van der Waals surface area contributed by atoms with Crippen LogP contribution in [0.1, 0.15) is 37.6 Å². The number of hydrogen-bond acceptors (Lipinski definition) is 2. The number of aromatic amines is 1. The Labute approximate surface area is 144 Å². The molecule has 2 aromatic carbocycles. The molecule has 0 aliphatic carbocycles. The molecule has 130 valence electrons. The molecule has 0 fully saturated rings. The predicted octanol–water partition coefficient (Wildman–Crippen LogP) is 4.54. The van der Waals surface area contributed by atoms with Gasteiger partial charge < -0.3 is 10.3 Å². The van der Waals surface area contributed by atoms with E-state index in [4.69, 9.17) is 0 Å². The molecule has 0 aliphatic heterocycles. The Hall–Kier alpha value is -2.76. The van der Waals surface area contributed by atoms with Crippen LogP contribution in [0, 0.1) is 11.6 Å². The quantitative estimate of drug-likeness (QED) is 0.715. The van der Waals surface area contributed by atoms with Gasteiger partial charge in [-0.3, -0.25) is 4.79 Å². The van der Waals surface area contributed by atoms with Gasteiger partial charge in [0.15, 0.2) is 0 Å². The number of amides is 1. The fourth-order valence-corrected chi connectivity index (χ4v) is 2.57. The maximum absolute atomic E-state index is 13.5. The van der Waals surface area contributed by atoms with E-state index >= 15 is 0 Å². The molecule has 0 aliphatic rings. The second-order valence-electron chi connectivity index (χ2n) is 6.30. The number of nitrogens with zero attached hydrogens (tertiary/aromatic N) is 1. The number of H-pyrrole nitrogens is 1. The minimum absolute atomic E-state index is 0.143. The van der Waals surface area contributed by atoms with E-state index in [1.165, 1.54) is 0 Å². The van der Waals surface area contributed by atoms with Crippen molar-refractivity contribution in [1.82, 2.24) is 9.97 Å². The molecule has 4 nitrogen and oxygen atoms in total. The SMILES string of the molecule is CC(C)c1nc2ccc(CCC(=O)Nc3cc(F)ccc3F)cc2[nH]1. The fraction of sp³-hybridized carbons (Fsp3) is 0.263. The van der Waals surface area contributed by atoms with E-state index in [0.717, 1.165) is 40.6 Å². The summed E-state index contributed by atoms with van der Waals surface area (Å²) in [6, 6.07) is 8.77. The van der Waals surface area contributed by atoms with Crippen molar-refractivity contribution in [2.75, 3.05) is 5.32 Å². The molecule has 1 amide bonds. The molecule has 1 aromatic heterocycles. The number of carbonyl (C=O) groups is 1. The van der Waals surface area contributed by atoms with Crippen LogP contribution < -0.4 is 5.32 Å². The number of rotatable bonds is 5. The summed E-state index contributed by atoms with van der Waals surface area (Å²) in [4.78, 5) is 19.8. The lowest BCUT2D eigenvalue weighted by Gasteiger charge is -2.06. The Kier molecular flexibility index (Phi) is 4.79. The first-order chi connectivity index (χ1) is 11.9. The third-order valence-corrected chi connectivity index (χ3v) is 3.95. The maximum atomic E-state index is 13.5. The van der Waals surface area contributed by atoms with Crippen molar-refractivity contribution in [3.63, 3.8) is 0 Å². The summed E-state index contributed by atoms with van der Waals surface area (Å²) in [5.74, 6) is -0.386. The van der Waals surface area contributed by atoms with Gasteiger partial charge in [-0.2, -0.15) is 0 Å². The van der Waals surface area contributed by atoms with Crippen LogP contribution in [0.15, 0.2) is 36.4 Å². The number of imidazole rings is 1. The molecule has 2 N–H and O–H groups in total. The van der Waals surface area contributed by atoms with Gasteiger partial charge in [0.2, 0.25) is 5.91 Å². The summed E-state index contributed by atoms with van der Waals surface area (Å²) in [6.07, 6.45) is 0.668. The van der Waals surface area contributed by atoms with Crippen LogP contribution in [0.5, 0.6) is 0 Å². The smallest absolute Gasteiger partial charge is 0.224 e. The Morgan fingerprint density at radius 1 is 1.20 bits per heavy atom. The zero-order valence-electron chi connectivity index (χ0n) is 14.1. The highest BCUT2D eigenvalue weighted by Gasteiger charge is 2.10. The van der Waals surface area contributed by atoms with E-state index in [1.54, 1.807) is 0 Å². The van der Waals surface area contributed by atoms with Crippen LogP contribution in [0.2, 0.25) is 0 Å². The minimum atomic E-state index is -0.658. The van der Waals surface area contributed by atoms with Gasteiger partial charge in [-0.25, -0.2) is 13.8 Å². The lowest BCUT2D eigenvalue weighted by Crippen LogP contribution is -2.13. The Balaban J connectivity index is 1.65. The molecule has 3 aromatic rings. The van der Waals surface area contributed by atoms with Crippen molar-refractivity contribution in [2.45, 2.75) is 32.6 Å². The summed E-state index contributed by atoms with van der Waals surface area (Å²) in [6.45, 7) is 4.13. The van der Waals surface area contributed by atoms with Gasteiger partial charge in [0, 0.05) is 18.4 Å². The summed E-state index contributed by atoms with van der Waals surface area (Å²) in [5.41, 5.74) is 2.65. The average molecular weight is 343 g/mol. The van der Waals surface area contributed by atoms with Crippen molar-refractivity contribution >= 4 is 22.6 Å². The fourth-order valence-electron chi connectivity index (χ4n) is 2.57. The Bertz CT molecular complexity index is 918. The summed E-state index contributed by atoms with van der Waals surface area (Å²) in [5, 5.41) is 2.40. The van der Waals surface area contributed by atoms with Gasteiger partial charge in [-0.15, -0.1) is 0 Å². The molecule has 0 saturated heterocycles. The van der Waals surface area contributed by atoms with Crippen molar-refractivity contribution < 1.29 is 13.6 Å². The van der Waals surface area contributed by atoms with Crippen LogP contribution >= 0.6 is 0 Å². The summed E-state index contributed by atoms with van der Waals surface area (Å²) >= 11 is 0. The Morgan fingerprint density at radius 3 is 2.76 bits per heavy atom. The van der Waals surface area contributed by atoms with Gasteiger partial charge in [0.05, 0.1) is 16.7 Å². The highest BCUT2D eigenvalue weighted by molar-refractivity contribution is 5.91. The van der Waals surface area contributed by atoms with E-state index in [0.29, 0.717) is 12.3 Å². The second-order valence-corrected chi connectivity index (χ2v) is 6.30. The first-order valence-corrected chi connectivity index (χ1v) is 8.16. The predicted molar refractivity (Wildman–Crippen MR) is 93.5 cm³/mol. The van der Waals surface area contributed by atoms with Gasteiger partial charge in [-0.1, -0.05) is 19.9 Å². The van der Waals surface area contributed by atoms with Crippen LogP contribution in [0.3, 0.4) is 0 Å². The average Bonchev–Trinajstić information content (AvgIpc) is 3.00. The highest BCUT2D eigenvalue weighted by Crippen LogP contribution is 2.20. The normalized spacial score (nSPS) is 11.2. The number of halogens is 2. The molecule has 0 radical (unpaired) electrons. The first kappa shape index (κ1) is 17.1. The zero-order valence-corrected chi connectivity index (χ0v) is 14.1. The largest absolute Gasteiger partial charge is 0.342 e. The molecule has 1 heterocycles. The molecular formula is C19H19F2N3O. The van der Waals surface area contributed by atoms with E-state index in [2.05, 4.69) is 29.1 Å². The molecule has 0 saturated carbocycles. The standard InChI is InChI=1S/C19H19F2N3O/c1-11(2)19-23-15-7-3-12(9-17(15)24-19)4-8-18(25)22-16-10-13(20)5-6-14(16)21/h3,5-7,9-11H,4,8H2,1-2H3,(H,22,25)(H,23,24). The molecular weight excluding hydrogens is 324 g/mol. The minimum Gasteiger partial charge on any atom is -0.342 e. The van der Waals surface area contributed by atoms with Gasteiger partial charge >= 0.3 is 0 Å². The van der Waals surface area contributed by atoms with Crippen LogP contribution in [-0.4, -0.2) is 15.9 Å². The third-order valence-electron chi connectivity index (χ3n) is 3.95.